The summed E-state index contributed by atoms with van der Waals surface area (Å²) in [5.74, 6) is 0.503. The summed E-state index contributed by atoms with van der Waals surface area (Å²) in [5, 5.41) is -0.0204. The monoisotopic (exact) mass is 417 g/mol. The normalized spacial score (nSPS) is 13.7. The smallest absolute Gasteiger partial charge is 0.394 e. The van der Waals surface area contributed by atoms with Crippen LogP contribution in [0, 0.1) is 0 Å². The maximum absolute atomic E-state index is 13.0. The van der Waals surface area contributed by atoms with Crippen LogP contribution in [-0.2, 0) is 5.41 Å². The van der Waals surface area contributed by atoms with Crippen molar-refractivity contribution in [3.63, 3.8) is 0 Å². The van der Waals surface area contributed by atoms with Crippen molar-refractivity contribution in [3.05, 3.63) is 79.1 Å². The van der Waals surface area contributed by atoms with E-state index in [9.17, 15) is 18.4 Å². The summed E-state index contributed by atoms with van der Waals surface area (Å²) >= 11 is 0. The first kappa shape index (κ1) is 21.2. The van der Waals surface area contributed by atoms with Gasteiger partial charge in [-0.25, -0.2) is 4.98 Å². The summed E-state index contributed by atoms with van der Waals surface area (Å²) in [5.41, 5.74) is -0.609. The Balaban J connectivity index is 2.05. The van der Waals surface area contributed by atoms with Gasteiger partial charge in [0.25, 0.3) is 11.1 Å². The van der Waals surface area contributed by atoms with Gasteiger partial charge in [-0.3, -0.25) is 9.59 Å². The minimum absolute atomic E-state index is 0.0132. The standard InChI is InChI=1S/C21H21F2N3O4/c1-20(2,3)17-14(24-11-29-17)10-16-19(28)25-15(18(27)26-16)9-12-6-5-7-13(8-12)30-21(4,22)23/h5-11H,1-4H3,(H,25,28)(H,26,27)/b15-9-,16-10-. The molecule has 0 saturated carbocycles. The first-order valence-corrected chi connectivity index (χ1v) is 9.09. The number of nitrogens with one attached hydrogen (secondary N) is 2. The Morgan fingerprint density at radius 3 is 2.27 bits per heavy atom. The van der Waals surface area contributed by atoms with E-state index in [0.717, 1.165) is 0 Å². The molecule has 9 heteroatoms. The predicted molar refractivity (Wildman–Crippen MR) is 107 cm³/mol. The molecule has 30 heavy (non-hydrogen) atoms. The number of H-pyrrole nitrogens is 2. The molecule has 0 aliphatic heterocycles. The molecule has 7 nitrogen and oxygen atoms in total. The van der Waals surface area contributed by atoms with E-state index < -0.39 is 17.2 Å². The third-order valence-corrected chi connectivity index (χ3v) is 4.01. The van der Waals surface area contributed by atoms with Gasteiger partial charge in [0, 0.05) is 12.3 Å². The number of rotatable bonds is 4. The van der Waals surface area contributed by atoms with E-state index in [1.165, 1.54) is 36.7 Å². The van der Waals surface area contributed by atoms with Crippen molar-refractivity contribution in [1.29, 1.82) is 0 Å². The predicted octanol–water partition coefficient (Wildman–Crippen LogP) is 2.00. The number of aromatic amines is 2. The lowest BCUT2D eigenvalue weighted by Gasteiger charge is -2.14. The molecule has 158 valence electrons. The molecule has 0 bridgehead atoms. The number of halogens is 2. The summed E-state index contributed by atoms with van der Waals surface area (Å²) in [6, 6.07) is 5.79. The summed E-state index contributed by atoms with van der Waals surface area (Å²) in [6.45, 7) is 6.42. The van der Waals surface area contributed by atoms with Gasteiger partial charge in [-0.1, -0.05) is 32.9 Å². The molecule has 0 saturated heterocycles. The minimum Gasteiger partial charge on any atom is -0.447 e. The second-order valence-corrected chi connectivity index (χ2v) is 7.82. The first-order valence-electron chi connectivity index (χ1n) is 9.09. The lowest BCUT2D eigenvalue weighted by molar-refractivity contribution is -0.158. The van der Waals surface area contributed by atoms with E-state index in [1.54, 1.807) is 6.07 Å². The fourth-order valence-corrected chi connectivity index (χ4v) is 2.79. The maximum Gasteiger partial charge on any atom is 0.394 e. The van der Waals surface area contributed by atoms with Gasteiger partial charge in [-0.05, 0) is 29.8 Å². The lowest BCUT2D eigenvalue weighted by atomic mass is 9.92. The molecule has 0 fully saturated rings. The molecule has 0 aliphatic carbocycles. The van der Waals surface area contributed by atoms with E-state index >= 15 is 0 Å². The van der Waals surface area contributed by atoms with Crippen molar-refractivity contribution in [3.8, 4) is 5.75 Å². The Morgan fingerprint density at radius 1 is 1.03 bits per heavy atom. The number of hydrogen-bond donors (Lipinski definition) is 2. The number of oxazole rings is 1. The molecule has 0 radical (unpaired) electrons. The zero-order valence-corrected chi connectivity index (χ0v) is 16.9. The molecule has 0 atom stereocenters. The molecule has 1 aromatic carbocycles. The molecule has 2 aromatic heterocycles. The summed E-state index contributed by atoms with van der Waals surface area (Å²) in [7, 11) is 0. The van der Waals surface area contributed by atoms with Gasteiger partial charge in [-0.2, -0.15) is 8.78 Å². The highest BCUT2D eigenvalue weighted by Crippen LogP contribution is 2.25. The Labute approximate surface area is 169 Å². The van der Waals surface area contributed by atoms with Gasteiger partial charge in [0.2, 0.25) is 0 Å². The summed E-state index contributed by atoms with van der Waals surface area (Å²) in [6.07, 6.45) is 0.734. The van der Waals surface area contributed by atoms with Crippen molar-refractivity contribution in [2.24, 2.45) is 0 Å². The van der Waals surface area contributed by atoms with Crippen LogP contribution in [0.25, 0.3) is 12.2 Å². The van der Waals surface area contributed by atoms with Gasteiger partial charge in [0.05, 0.1) is 0 Å². The molecule has 0 aliphatic rings. The number of alkyl halides is 2. The highest BCUT2D eigenvalue weighted by molar-refractivity contribution is 5.51. The number of aromatic nitrogens is 3. The molecular formula is C21H21F2N3O4. The quantitative estimate of drug-likeness (QED) is 0.676. The fraction of sp³-hybridized carbons (Fsp3) is 0.286. The Kier molecular flexibility index (Phi) is 5.47. The molecule has 0 amide bonds. The van der Waals surface area contributed by atoms with Crippen LogP contribution >= 0.6 is 0 Å². The van der Waals surface area contributed by atoms with Crippen molar-refractivity contribution >= 4 is 12.2 Å². The van der Waals surface area contributed by atoms with Crippen molar-refractivity contribution in [2.45, 2.75) is 39.2 Å². The zero-order chi connectivity index (χ0) is 22.1. The van der Waals surface area contributed by atoms with Crippen LogP contribution in [0.1, 0.15) is 44.7 Å². The van der Waals surface area contributed by atoms with Gasteiger partial charge in [0.15, 0.2) is 6.39 Å². The minimum atomic E-state index is -3.34. The van der Waals surface area contributed by atoms with Crippen LogP contribution in [0.5, 0.6) is 5.75 Å². The highest BCUT2D eigenvalue weighted by Gasteiger charge is 2.23. The third-order valence-electron chi connectivity index (χ3n) is 4.01. The van der Waals surface area contributed by atoms with Gasteiger partial charge in [-0.15, -0.1) is 0 Å². The van der Waals surface area contributed by atoms with Crippen LogP contribution in [-0.4, -0.2) is 21.1 Å². The largest absolute Gasteiger partial charge is 0.447 e. The van der Waals surface area contributed by atoms with E-state index in [0.29, 0.717) is 23.9 Å². The van der Waals surface area contributed by atoms with Crippen molar-refractivity contribution in [2.75, 3.05) is 0 Å². The van der Waals surface area contributed by atoms with Crippen LogP contribution in [0.4, 0.5) is 8.78 Å². The van der Waals surface area contributed by atoms with E-state index in [2.05, 4.69) is 19.7 Å². The second-order valence-electron chi connectivity index (χ2n) is 7.82. The molecule has 2 heterocycles. The van der Waals surface area contributed by atoms with Gasteiger partial charge in [0.1, 0.15) is 27.9 Å². The number of nitrogens with zero attached hydrogens (tertiary/aromatic N) is 1. The van der Waals surface area contributed by atoms with Crippen LogP contribution in [0.15, 0.2) is 44.7 Å². The summed E-state index contributed by atoms with van der Waals surface area (Å²) < 4.78 is 36.0. The average molecular weight is 417 g/mol. The second kappa shape index (κ2) is 7.74. The van der Waals surface area contributed by atoms with Gasteiger partial charge >= 0.3 is 6.11 Å². The van der Waals surface area contributed by atoms with Crippen LogP contribution < -0.4 is 26.6 Å². The van der Waals surface area contributed by atoms with E-state index in [4.69, 9.17) is 4.42 Å². The summed E-state index contributed by atoms with van der Waals surface area (Å²) in [4.78, 5) is 34.0. The molecular weight excluding hydrogens is 396 g/mol. The molecule has 0 spiro atoms. The molecule has 0 unspecified atom stereocenters. The van der Waals surface area contributed by atoms with E-state index in [1.807, 2.05) is 20.8 Å². The first-order chi connectivity index (χ1) is 13.9. The van der Waals surface area contributed by atoms with Crippen LogP contribution in [0.3, 0.4) is 0 Å². The lowest BCUT2D eigenvalue weighted by Crippen LogP contribution is -2.46. The Hall–Kier alpha value is -3.49. The number of hydrogen-bond acceptors (Lipinski definition) is 5. The number of ether oxygens (including phenoxy) is 1. The highest BCUT2D eigenvalue weighted by atomic mass is 19.3. The van der Waals surface area contributed by atoms with Gasteiger partial charge < -0.3 is 19.1 Å². The van der Waals surface area contributed by atoms with E-state index in [-0.39, 0.29) is 21.9 Å². The maximum atomic E-state index is 13.0. The molecule has 2 N–H and O–H groups in total. The third kappa shape index (κ3) is 5.11. The Bertz CT molecular complexity index is 1290. The fourth-order valence-electron chi connectivity index (χ4n) is 2.79. The average Bonchev–Trinajstić information content (AvgIpc) is 3.07. The zero-order valence-electron chi connectivity index (χ0n) is 16.9. The topological polar surface area (TPSA) is 101 Å². The molecule has 3 rings (SSSR count). The Morgan fingerprint density at radius 2 is 1.67 bits per heavy atom. The van der Waals surface area contributed by atoms with Crippen molar-refractivity contribution in [1.82, 2.24) is 15.0 Å². The number of benzene rings is 1. The van der Waals surface area contributed by atoms with Crippen LogP contribution in [0.2, 0.25) is 0 Å². The molecule has 3 aromatic rings. The SMILES string of the molecule is CC(F)(F)Oc1cccc(/C=c2\[nH]c(=O)/c(=C/c3ncoc3C(C)(C)C)[nH]c2=O)c1. The van der Waals surface area contributed by atoms with Crippen molar-refractivity contribution < 1.29 is 17.9 Å².